The average molecular weight is 273 g/mol. The Kier molecular flexibility index (Phi) is 2.92. The second-order valence-electron chi connectivity index (χ2n) is 3.96. The maximum atomic E-state index is 5.67. The van der Waals surface area contributed by atoms with Crippen molar-refractivity contribution in [2.75, 3.05) is 12.1 Å². The molecule has 0 unspecified atom stereocenters. The van der Waals surface area contributed by atoms with Crippen LogP contribution in [0, 0.1) is 0 Å². The molecule has 2 heterocycles. The maximum absolute atomic E-state index is 5.67. The van der Waals surface area contributed by atoms with Crippen molar-refractivity contribution in [3.63, 3.8) is 0 Å². The number of ether oxygens (including phenoxy) is 2. The normalized spacial score (nSPS) is 12.2. The van der Waals surface area contributed by atoms with Crippen molar-refractivity contribution in [3.05, 3.63) is 42.1 Å². The van der Waals surface area contributed by atoms with Crippen LogP contribution in [0.25, 0.3) is 0 Å². The second-order valence-corrected chi connectivity index (χ2v) is 4.40. The summed E-state index contributed by atoms with van der Waals surface area (Å²) in [7, 11) is 0. The number of thiocarbonyl (C=S) groups is 1. The zero-order chi connectivity index (χ0) is 13.2. The van der Waals surface area contributed by atoms with E-state index in [2.05, 4.69) is 10.3 Å². The molecule has 0 atom stereocenters. The molecule has 2 aromatic rings. The van der Waals surface area contributed by atoms with Crippen LogP contribution in [0.4, 0.5) is 11.5 Å². The molecule has 5 nitrogen and oxygen atoms in total. The lowest BCUT2D eigenvalue weighted by Crippen LogP contribution is -2.12. The molecule has 0 spiro atoms. The lowest BCUT2D eigenvalue weighted by Gasteiger charge is -2.10. The molecule has 0 radical (unpaired) electrons. The molecule has 0 bridgehead atoms. The Hall–Kier alpha value is -2.34. The van der Waals surface area contributed by atoms with Gasteiger partial charge in [0.15, 0.2) is 11.5 Å². The van der Waals surface area contributed by atoms with Crippen molar-refractivity contribution in [1.29, 1.82) is 0 Å². The third-order valence-electron chi connectivity index (χ3n) is 2.71. The molecule has 1 aromatic heterocycles. The summed E-state index contributed by atoms with van der Waals surface area (Å²) in [4.78, 5) is 4.54. The van der Waals surface area contributed by atoms with Gasteiger partial charge in [-0.05, 0) is 24.3 Å². The van der Waals surface area contributed by atoms with Gasteiger partial charge in [0.2, 0.25) is 6.79 Å². The first-order chi connectivity index (χ1) is 9.24. The zero-order valence-corrected chi connectivity index (χ0v) is 10.7. The Morgan fingerprint density at radius 2 is 2.11 bits per heavy atom. The van der Waals surface area contributed by atoms with Gasteiger partial charge in [-0.3, -0.25) is 0 Å². The van der Waals surface area contributed by atoms with E-state index in [9.17, 15) is 0 Å². The summed E-state index contributed by atoms with van der Waals surface area (Å²) >= 11 is 5.00. The maximum Gasteiger partial charge on any atom is 0.231 e. The highest BCUT2D eigenvalue weighted by Crippen LogP contribution is 2.35. The van der Waals surface area contributed by atoms with Crippen LogP contribution < -0.4 is 20.5 Å². The molecule has 3 rings (SSSR count). The number of hydrogen-bond acceptors (Lipinski definition) is 5. The van der Waals surface area contributed by atoms with Crippen molar-refractivity contribution >= 4 is 28.7 Å². The molecule has 1 aromatic carbocycles. The second kappa shape index (κ2) is 4.74. The van der Waals surface area contributed by atoms with Gasteiger partial charge in [0.05, 0.1) is 5.56 Å². The van der Waals surface area contributed by atoms with Crippen LogP contribution in [-0.4, -0.2) is 16.8 Å². The van der Waals surface area contributed by atoms with E-state index in [-0.39, 0.29) is 6.79 Å². The van der Waals surface area contributed by atoms with Crippen LogP contribution >= 0.6 is 12.2 Å². The molecule has 0 fully saturated rings. The van der Waals surface area contributed by atoms with Gasteiger partial charge in [0.1, 0.15) is 10.8 Å². The van der Waals surface area contributed by atoms with Crippen molar-refractivity contribution in [2.45, 2.75) is 0 Å². The fourth-order valence-electron chi connectivity index (χ4n) is 1.81. The largest absolute Gasteiger partial charge is 0.454 e. The summed E-state index contributed by atoms with van der Waals surface area (Å²) in [5.74, 6) is 2.06. The summed E-state index contributed by atoms with van der Waals surface area (Å²) in [5, 5.41) is 3.17. The summed E-state index contributed by atoms with van der Waals surface area (Å²) in [6.07, 6.45) is 1.68. The minimum Gasteiger partial charge on any atom is -0.454 e. The molecule has 3 N–H and O–H groups in total. The highest BCUT2D eigenvalue weighted by molar-refractivity contribution is 7.80. The Morgan fingerprint density at radius 3 is 2.95 bits per heavy atom. The number of benzene rings is 1. The number of hydrogen-bond donors (Lipinski definition) is 2. The monoisotopic (exact) mass is 273 g/mol. The predicted molar refractivity (Wildman–Crippen MR) is 76.0 cm³/mol. The third-order valence-corrected chi connectivity index (χ3v) is 2.93. The molecule has 96 valence electrons. The van der Waals surface area contributed by atoms with Gasteiger partial charge >= 0.3 is 0 Å². The molecule has 6 heteroatoms. The number of nitrogens with zero attached hydrogens (tertiary/aromatic N) is 1. The van der Waals surface area contributed by atoms with E-state index in [4.69, 9.17) is 27.4 Å². The quantitative estimate of drug-likeness (QED) is 0.835. The number of nitrogens with one attached hydrogen (secondary N) is 1. The van der Waals surface area contributed by atoms with Gasteiger partial charge in [-0.25, -0.2) is 4.98 Å². The van der Waals surface area contributed by atoms with Gasteiger partial charge in [0, 0.05) is 18.0 Å². The van der Waals surface area contributed by atoms with Crippen LogP contribution in [0.3, 0.4) is 0 Å². The lowest BCUT2D eigenvalue weighted by atomic mass is 10.2. The van der Waals surface area contributed by atoms with Crippen molar-refractivity contribution < 1.29 is 9.47 Å². The minimum absolute atomic E-state index is 0.251. The highest BCUT2D eigenvalue weighted by Gasteiger charge is 2.14. The van der Waals surface area contributed by atoms with E-state index in [1.807, 2.05) is 24.3 Å². The smallest absolute Gasteiger partial charge is 0.231 e. The number of rotatable bonds is 3. The molecular weight excluding hydrogens is 262 g/mol. The van der Waals surface area contributed by atoms with Crippen molar-refractivity contribution in [3.8, 4) is 11.5 Å². The van der Waals surface area contributed by atoms with Gasteiger partial charge in [-0.15, -0.1) is 0 Å². The van der Waals surface area contributed by atoms with Crippen LogP contribution in [0.1, 0.15) is 5.56 Å². The summed E-state index contributed by atoms with van der Waals surface area (Å²) in [6.45, 7) is 0.251. The molecule has 0 saturated heterocycles. The summed E-state index contributed by atoms with van der Waals surface area (Å²) < 4.78 is 10.6. The number of anilines is 2. The van der Waals surface area contributed by atoms with E-state index < -0.39 is 0 Å². The van der Waals surface area contributed by atoms with E-state index in [1.54, 1.807) is 12.3 Å². The first-order valence-corrected chi connectivity index (χ1v) is 6.06. The molecule has 0 saturated carbocycles. The third kappa shape index (κ3) is 2.30. The Labute approximate surface area is 115 Å². The van der Waals surface area contributed by atoms with Crippen molar-refractivity contribution in [1.82, 2.24) is 4.98 Å². The Balaban J connectivity index is 1.91. The average Bonchev–Trinajstić information content (AvgIpc) is 2.86. The molecule has 19 heavy (non-hydrogen) atoms. The number of nitrogens with two attached hydrogens (primary N) is 1. The van der Waals surface area contributed by atoms with Crippen molar-refractivity contribution in [2.24, 2.45) is 5.73 Å². The topological polar surface area (TPSA) is 69.4 Å². The summed E-state index contributed by atoms with van der Waals surface area (Å²) in [6, 6.07) is 9.18. The number of aromatic nitrogens is 1. The van der Waals surface area contributed by atoms with Crippen LogP contribution in [-0.2, 0) is 0 Å². The lowest BCUT2D eigenvalue weighted by molar-refractivity contribution is 0.174. The van der Waals surface area contributed by atoms with E-state index in [0.717, 1.165) is 11.4 Å². The van der Waals surface area contributed by atoms with Crippen LogP contribution in [0.15, 0.2) is 36.5 Å². The minimum atomic E-state index is 0.251. The first kappa shape index (κ1) is 11.7. The predicted octanol–water partition coefficient (Wildman–Crippen LogP) is 2.19. The number of pyridine rings is 1. The van der Waals surface area contributed by atoms with E-state index >= 15 is 0 Å². The molecule has 1 aliphatic rings. The Bertz CT molecular complexity index is 646. The fourth-order valence-corrected chi connectivity index (χ4v) is 1.98. The van der Waals surface area contributed by atoms with Gasteiger partial charge in [-0.1, -0.05) is 12.2 Å². The molecular formula is C13H11N3O2S. The van der Waals surface area contributed by atoms with E-state index in [1.165, 1.54) is 0 Å². The highest BCUT2D eigenvalue weighted by atomic mass is 32.1. The summed E-state index contributed by atoms with van der Waals surface area (Å²) in [5.41, 5.74) is 7.20. The van der Waals surface area contributed by atoms with Crippen LogP contribution in [0.2, 0.25) is 0 Å². The van der Waals surface area contributed by atoms with Gasteiger partial charge in [0.25, 0.3) is 0 Å². The van der Waals surface area contributed by atoms with E-state index in [0.29, 0.717) is 22.1 Å². The first-order valence-electron chi connectivity index (χ1n) is 5.65. The zero-order valence-electron chi connectivity index (χ0n) is 9.92. The molecule has 0 amide bonds. The SMILES string of the molecule is NC(=S)c1cccnc1Nc1ccc2c(c1)OCO2. The molecule has 1 aliphatic heterocycles. The Morgan fingerprint density at radius 1 is 1.26 bits per heavy atom. The fraction of sp³-hybridized carbons (Fsp3) is 0.0769. The standard InChI is InChI=1S/C13H11N3O2S/c14-12(19)9-2-1-5-15-13(9)16-8-3-4-10-11(6-8)18-7-17-10/h1-6H,7H2,(H2,14,19)(H,15,16). The van der Waals surface area contributed by atoms with Gasteiger partial charge < -0.3 is 20.5 Å². The molecule has 0 aliphatic carbocycles. The number of fused-ring (bicyclic) bond motifs is 1. The van der Waals surface area contributed by atoms with Crippen LogP contribution in [0.5, 0.6) is 11.5 Å². The van der Waals surface area contributed by atoms with Gasteiger partial charge in [-0.2, -0.15) is 0 Å².